The lowest BCUT2D eigenvalue weighted by Crippen LogP contribution is -2.53. The average molecular weight is 477 g/mol. The van der Waals surface area contributed by atoms with Gasteiger partial charge in [-0.2, -0.15) is 0 Å². The van der Waals surface area contributed by atoms with E-state index in [9.17, 15) is 0 Å². The zero-order valence-corrected chi connectivity index (χ0v) is 20.9. The predicted molar refractivity (Wildman–Crippen MR) is 152 cm³/mol. The number of pyridine rings is 2. The van der Waals surface area contributed by atoms with Gasteiger partial charge in [-0.15, -0.1) is 9.13 Å². The number of rotatable bonds is 0. The number of fused-ring (bicyclic) bond motifs is 9. The second-order valence-corrected chi connectivity index (χ2v) is 9.97. The lowest BCUT2D eigenvalue weighted by Gasteiger charge is -2.13. The molecule has 0 bridgehead atoms. The first-order chi connectivity index (χ1) is 18.2. The van der Waals surface area contributed by atoms with Crippen LogP contribution in [0.5, 0.6) is 0 Å². The second kappa shape index (κ2) is 8.83. The molecule has 176 valence electrons. The van der Waals surface area contributed by atoms with Gasteiger partial charge in [0, 0.05) is 29.8 Å². The van der Waals surface area contributed by atoms with Crippen LogP contribution in [0.15, 0.2) is 122 Å². The Morgan fingerprint density at radius 1 is 0.595 bits per heavy atom. The summed E-state index contributed by atoms with van der Waals surface area (Å²) in [6.07, 6.45) is 9.94. The fraction of sp³-hybridized carbons (Fsp3) is 0.0857. The van der Waals surface area contributed by atoms with Crippen LogP contribution in [-0.4, -0.2) is 0 Å². The van der Waals surface area contributed by atoms with E-state index < -0.39 is 0 Å². The van der Waals surface area contributed by atoms with E-state index >= 15 is 0 Å². The first-order valence-corrected chi connectivity index (χ1v) is 12.9. The van der Waals surface area contributed by atoms with Crippen molar-refractivity contribution < 1.29 is 9.13 Å². The Labute approximate surface area is 217 Å². The van der Waals surface area contributed by atoms with Gasteiger partial charge >= 0.3 is 6.67 Å². The highest BCUT2D eigenvalue weighted by Crippen LogP contribution is 2.33. The zero-order valence-electron chi connectivity index (χ0n) is 20.9. The molecule has 0 amide bonds. The van der Waals surface area contributed by atoms with Crippen molar-refractivity contribution in [3.8, 4) is 22.5 Å². The molecule has 0 radical (unpaired) electrons. The summed E-state index contributed by atoms with van der Waals surface area (Å²) in [4.78, 5) is 0. The van der Waals surface area contributed by atoms with Crippen LogP contribution in [0.3, 0.4) is 0 Å². The molecule has 37 heavy (non-hydrogen) atoms. The van der Waals surface area contributed by atoms with Crippen LogP contribution >= 0.6 is 0 Å². The predicted octanol–water partition coefficient (Wildman–Crippen LogP) is 7.29. The molecule has 2 aromatic heterocycles. The molecule has 1 aliphatic heterocycles. The summed E-state index contributed by atoms with van der Waals surface area (Å²) in [7, 11) is 0. The molecular weight excluding hydrogens is 448 g/mol. The van der Waals surface area contributed by atoms with Crippen molar-refractivity contribution in [1.82, 2.24) is 0 Å². The smallest absolute Gasteiger partial charge is 0.139 e. The van der Waals surface area contributed by atoms with Gasteiger partial charge in [-0.1, -0.05) is 66.7 Å². The number of hydrogen-bond acceptors (Lipinski definition) is 0. The summed E-state index contributed by atoms with van der Waals surface area (Å²) in [5.74, 6) is 0. The lowest BCUT2D eigenvalue weighted by atomic mass is 9.93. The van der Waals surface area contributed by atoms with Crippen LogP contribution in [0.1, 0.15) is 16.7 Å². The Morgan fingerprint density at radius 3 is 2.38 bits per heavy atom. The molecule has 0 saturated carbocycles. The zero-order chi connectivity index (χ0) is 24.8. The van der Waals surface area contributed by atoms with Crippen LogP contribution < -0.4 is 9.13 Å². The molecule has 0 atom stereocenters. The normalized spacial score (nSPS) is 13.5. The van der Waals surface area contributed by atoms with Crippen LogP contribution in [-0.2, 0) is 13.1 Å². The van der Waals surface area contributed by atoms with Crippen molar-refractivity contribution in [3.63, 3.8) is 0 Å². The standard InChI is InChI=1S/C35H28N2/c1-25-18-20-37-24-36-19-7-6-15-34(36)31-14-5-3-9-26(31)11-8-12-28-22-32-29(23-33(28)35(37)21-25)17-16-27-10-2-4-13-30(27)32/h2-10,12-23H,11,24H2,1H3/q+2/b12-8+. The summed E-state index contributed by atoms with van der Waals surface area (Å²) in [5, 5.41) is 5.14. The fourth-order valence-electron chi connectivity index (χ4n) is 5.69. The third-order valence-electron chi connectivity index (χ3n) is 7.56. The van der Waals surface area contributed by atoms with Gasteiger partial charge in [0.1, 0.15) is 0 Å². The van der Waals surface area contributed by atoms with E-state index in [2.05, 4.69) is 144 Å². The molecule has 1 aliphatic rings. The summed E-state index contributed by atoms with van der Waals surface area (Å²) in [5.41, 5.74) is 8.85. The van der Waals surface area contributed by atoms with Gasteiger partial charge < -0.3 is 0 Å². The topological polar surface area (TPSA) is 7.76 Å². The van der Waals surface area contributed by atoms with E-state index in [1.165, 1.54) is 60.8 Å². The first-order valence-electron chi connectivity index (χ1n) is 12.9. The van der Waals surface area contributed by atoms with Crippen molar-refractivity contribution >= 4 is 27.6 Å². The Hall–Kier alpha value is -4.56. The Kier molecular flexibility index (Phi) is 5.18. The minimum absolute atomic E-state index is 0.735. The summed E-state index contributed by atoms with van der Waals surface area (Å²) < 4.78 is 4.73. The molecule has 6 aromatic rings. The number of benzene rings is 4. The van der Waals surface area contributed by atoms with Crippen molar-refractivity contribution in [2.45, 2.75) is 20.0 Å². The van der Waals surface area contributed by atoms with E-state index in [0.717, 1.165) is 13.1 Å². The molecule has 2 heteroatoms. The highest BCUT2D eigenvalue weighted by Gasteiger charge is 2.24. The molecule has 7 rings (SSSR count). The molecule has 0 spiro atoms. The second-order valence-electron chi connectivity index (χ2n) is 9.97. The molecule has 3 heterocycles. The maximum atomic E-state index is 2.38. The van der Waals surface area contributed by atoms with Gasteiger partial charge in [0.05, 0.1) is 5.56 Å². The minimum atomic E-state index is 0.735. The van der Waals surface area contributed by atoms with Gasteiger partial charge in [0.2, 0.25) is 11.4 Å². The summed E-state index contributed by atoms with van der Waals surface area (Å²) >= 11 is 0. The molecule has 0 N–H and O–H groups in total. The average Bonchev–Trinajstić information content (AvgIpc) is 2.94. The van der Waals surface area contributed by atoms with Gasteiger partial charge in [-0.3, -0.25) is 0 Å². The van der Waals surface area contributed by atoms with Crippen LogP contribution in [0, 0.1) is 6.92 Å². The Bertz CT molecular complexity index is 1840. The largest absolute Gasteiger partial charge is 0.344 e. The number of aromatic nitrogens is 2. The van der Waals surface area contributed by atoms with Crippen molar-refractivity contribution in [1.29, 1.82) is 0 Å². The fourth-order valence-corrected chi connectivity index (χ4v) is 5.69. The van der Waals surface area contributed by atoms with Crippen LogP contribution in [0.2, 0.25) is 0 Å². The third-order valence-corrected chi connectivity index (χ3v) is 7.56. The van der Waals surface area contributed by atoms with E-state index in [4.69, 9.17) is 0 Å². The number of aryl methyl sites for hydroxylation is 1. The number of allylic oxidation sites excluding steroid dienone is 1. The Morgan fingerprint density at radius 2 is 1.41 bits per heavy atom. The van der Waals surface area contributed by atoms with Gasteiger partial charge in [0.15, 0.2) is 12.4 Å². The molecule has 0 unspecified atom stereocenters. The SMILES string of the molecule is Cc1cc[n+]2c(c1)-c1cc3ccc4ccccc4c3cc1/C=C/Cc1ccccc1-c1cccc[n+]1C2. The molecule has 0 fully saturated rings. The van der Waals surface area contributed by atoms with Gasteiger partial charge in [0.25, 0.3) is 0 Å². The van der Waals surface area contributed by atoms with Crippen LogP contribution in [0.4, 0.5) is 0 Å². The van der Waals surface area contributed by atoms with Gasteiger partial charge in [-0.25, -0.2) is 0 Å². The first kappa shape index (κ1) is 21.7. The lowest BCUT2D eigenvalue weighted by molar-refractivity contribution is -0.903. The van der Waals surface area contributed by atoms with Crippen molar-refractivity contribution in [2.75, 3.05) is 0 Å². The highest BCUT2D eigenvalue weighted by atomic mass is 15.1. The highest BCUT2D eigenvalue weighted by molar-refractivity contribution is 6.09. The van der Waals surface area contributed by atoms with Crippen LogP contribution in [0.25, 0.3) is 50.1 Å². The van der Waals surface area contributed by atoms with Crippen molar-refractivity contribution in [2.24, 2.45) is 0 Å². The van der Waals surface area contributed by atoms with E-state index in [0.29, 0.717) is 0 Å². The monoisotopic (exact) mass is 476 g/mol. The molecule has 0 aliphatic carbocycles. The summed E-state index contributed by atoms with van der Waals surface area (Å²) in [6.45, 7) is 2.91. The molecule has 4 aromatic carbocycles. The van der Waals surface area contributed by atoms with E-state index in [-0.39, 0.29) is 0 Å². The van der Waals surface area contributed by atoms with E-state index in [1.54, 1.807) is 0 Å². The van der Waals surface area contributed by atoms with E-state index in [1.807, 2.05) is 0 Å². The van der Waals surface area contributed by atoms with Gasteiger partial charge in [-0.05, 0) is 75.8 Å². The third kappa shape index (κ3) is 3.82. The number of nitrogens with zero attached hydrogens (tertiary/aromatic N) is 2. The Balaban J connectivity index is 1.54. The maximum absolute atomic E-state index is 2.38. The minimum Gasteiger partial charge on any atom is -0.139 e. The molecule has 2 nitrogen and oxygen atoms in total. The number of hydrogen-bond donors (Lipinski definition) is 0. The summed E-state index contributed by atoms with van der Waals surface area (Å²) in [6, 6.07) is 37.8. The molecular formula is C35H28N2+2. The quantitative estimate of drug-likeness (QED) is 0.161. The molecule has 0 saturated heterocycles. The maximum Gasteiger partial charge on any atom is 0.344 e. The van der Waals surface area contributed by atoms with Crippen molar-refractivity contribution in [3.05, 3.63) is 138 Å².